The molecule has 25 heavy (non-hydrogen) atoms. The molecule has 0 bridgehead atoms. The zero-order valence-corrected chi connectivity index (χ0v) is 15.4. The fraction of sp³-hybridized carbons (Fsp3) is 0.300. The Hall–Kier alpha value is -2.27. The molecule has 0 spiro atoms. The summed E-state index contributed by atoms with van der Waals surface area (Å²) in [6.45, 7) is 6.29. The van der Waals surface area contributed by atoms with Gasteiger partial charge in [0.1, 0.15) is 0 Å². The average Bonchev–Trinajstić information content (AvgIpc) is 2.61. The van der Waals surface area contributed by atoms with Gasteiger partial charge in [-0.3, -0.25) is 9.59 Å². The topological polar surface area (TPSA) is 58.2 Å². The van der Waals surface area contributed by atoms with Gasteiger partial charge in [-0.1, -0.05) is 38.1 Å². The van der Waals surface area contributed by atoms with Crippen LogP contribution in [-0.4, -0.2) is 17.6 Å². The summed E-state index contributed by atoms with van der Waals surface area (Å²) < 4.78 is 0. The fourth-order valence-electron chi connectivity index (χ4n) is 2.76. The van der Waals surface area contributed by atoms with Crippen molar-refractivity contribution in [2.24, 2.45) is 0 Å². The van der Waals surface area contributed by atoms with E-state index >= 15 is 0 Å². The highest BCUT2D eigenvalue weighted by atomic mass is 32.2. The lowest BCUT2D eigenvalue weighted by atomic mass is 9.99. The molecule has 0 fully saturated rings. The van der Waals surface area contributed by atoms with Crippen molar-refractivity contribution in [3.8, 4) is 0 Å². The third kappa shape index (κ3) is 4.04. The van der Waals surface area contributed by atoms with E-state index in [2.05, 4.69) is 48.7 Å². The van der Waals surface area contributed by atoms with Crippen LogP contribution in [0.15, 0.2) is 47.4 Å². The number of anilines is 1. The Labute approximate surface area is 152 Å². The molecule has 2 amide bonds. The van der Waals surface area contributed by atoms with Crippen molar-refractivity contribution in [2.75, 3.05) is 11.1 Å². The normalized spacial score (nSPS) is 14.6. The molecular weight excluding hydrogens is 332 g/mol. The molecule has 0 saturated heterocycles. The lowest BCUT2D eigenvalue weighted by Crippen LogP contribution is -2.27. The summed E-state index contributed by atoms with van der Waals surface area (Å²) in [6, 6.07) is 13.7. The van der Waals surface area contributed by atoms with Gasteiger partial charge < -0.3 is 10.6 Å². The van der Waals surface area contributed by atoms with Crippen LogP contribution in [0, 0.1) is 0 Å². The lowest BCUT2D eigenvalue weighted by Gasteiger charge is -2.18. The number of carbonyl (C=O) groups is 2. The molecule has 2 aromatic carbocycles. The van der Waals surface area contributed by atoms with Gasteiger partial charge in [0.05, 0.1) is 17.5 Å². The number of fused-ring (bicyclic) bond motifs is 1. The number of benzene rings is 2. The maximum Gasteiger partial charge on any atom is 0.251 e. The van der Waals surface area contributed by atoms with E-state index in [-0.39, 0.29) is 17.9 Å². The van der Waals surface area contributed by atoms with Crippen LogP contribution in [-0.2, 0) is 4.79 Å². The van der Waals surface area contributed by atoms with E-state index in [1.54, 1.807) is 12.1 Å². The number of carbonyl (C=O) groups excluding carboxylic acids is 2. The van der Waals surface area contributed by atoms with E-state index in [1.165, 1.54) is 17.3 Å². The van der Waals surface area contributed by atoms with E-state index in [0.29, 0.717) is 22.9 Å². The predicted octanol–water partition coefficient (Wildman–Crippen LogP) is 4.35. The summed E-state index contributed by atoms with van der Waals surface area (Å²) >= 11 is 1.49. The highest BCUT2D eigenvalue weighted by molar-refractivity contribution is 8.00. The van der Waals surface area contributed by atoms with Gasteiger partial charge in [0.25, 0.3) is 5.91 Å². The van der Waals surface area contributed by atoms with Crippen molar-refractivity contribution in [3.63, 3.8) is 0 Å². The molecule has 0 saturated carbocycles. The second-order valence-corrected chi connectivity index (χ2v) is 7.58. The van der Waals surface area contributed by atoms with Gasteiger partial charge in [-0.2, -0.15) is 0 Å². The van der Waals surface area contributed by atoms with Gasteiger partial charge in [-0.15, -0.1) is 11.8 Å². The van der Waals surface area contributed by atoms with Crippen LogP contribution >= 0.6 is 11.8 Å². The number of rotatable bonds is 4. The second-order valence-electron chi connectivity index (χ2n) is 6.56. The molecule has 5 heteroatoms. The zero-order chi connectivity index (χ0) is 18.0. The van der Waals surface area contributed by atoms with Gasteiger partial charge in [0.15, 0.2) is 0 Å². The van der Waals surface area contributed by atoms with E-state index < -0.39 is 0 Å². The molecule has 2 N–H and O–H groups in total. The largest absolute Gasteiger partial charge is 0.346 e. The van der Waals surface area contributed by atoms with Crippen molar-refractivity contribution >= 4 is 29.3 Å². The molecule has 0 radical (unpaired) electrons. The molecule has 1 unspecified atom stereocenters. The molecule has 0 aromatic heterocycles. The number of amides is 2. The molecule has 1 aliphatic heterocycles. The first kappa shape index (κ1) is 17.5. The van der Waals surface area contributed by atoms with Gasteiger partial charge >= 0.3 is 0 Å². The number of hydrogen-bond acceptors (Lipinski definition) is 3. The van der Waals surface area contributed by atoms with Crippen molar-refractivity contribution in [1.29, 1.82) is 0 Å². The molecule has 1 aliphatic rings. The Morgan fingerprint density at radius 2 is 1.76 bits per heavy atom. The third-order valence-corrected chi connectivity index (χ3v) is 5.40. The highest BCUT2D eigenvalue weighted by Gasteiger charge is 2.18. The maximum atomic E-state index is 12.5. The smallest absolute Gasteiger partial charge is 0.251 e. The van der Waals surface area contributed by atoms with Crippen LogP contribution in [0.2, 0.25) is 0 Å². The van der Waals surface area contributed by atoms with E-state index in [0.717, 1.165) is 10.5 Å². The summed E-state index contributed by atoms with van der Waals surface area (Å²) in [4.78, 5) is 25.0. The SMILES string of the molecule is CC(C)c1ccc(C(C)NC(=O)c2ccc3c(c2)NC(=O)CS3)cc1. The first-order valence-electron chi connectivity index (χ1n) is 8.41. The molecule has 2 aromatic rings. The van der Waals surface area contributed by atoms with E-state index in [9.17, 15) is 9.59 Å². The number of thioether (sulfide) groups is 1. The van der Waals surface area contributed by atoms with Crippen LogP contribution in [0.25, 0.3) is 0 Å². The quantitative estimate of drug-likeness (QED) is 0.858. The van der Waals surface area contributed by atoms with Gasteiger partial charge in [0.2, 0.25) is 5.91 Å². The minimum atomic E-state index is -0.145. The molecule has 130 valence electrons. The van der Waals surface area contributed by atoms with Gasteiger partial charge in [-0.05, 0) is 42.2 Å². The van der Waals surface area contributed by atoms with Crippen LogP contribution < -0.4 is 10.6 Å². The van der Waals surface area contributed by atoms with Gasteiger partial charge in [-0.25, -0.2) is 0 Å². The molecule has 1 atom stereocenters. The molecular formula is C20H22N2O2S. The predicted molar refractivity (Wildman–Crippen MR) is 102 cm³/mol. The van der Waals surface area contributed by atoms with Crippen molar-refractivity contribution in [2.45, 2.75) is 37.6 Å². The Bertz CT molecular complexity index is 800. The zero-order valence-electron chi connectivity index (χ0n) is 14.6. The molecule has 0 aliphatic carbocycles. The summed E-state index contributed by atoms with van der Waals surface area (Å²) in [5.41, 5.74) is 3.61. The lowest BCUT2D eigenvalue weighted by molar-refractivity contribution is -0.113. The van der Waals surface area contributed by atoms with E-state index in [1.807, 2.05) is 13.0 Å². The van der Waals surface area contributed by atoms with Crippen LogP contribution in [0.3, 0.4) is 0 Å². The van der Waals surface area contributed by atoms with Crippen LogP contribution in [0.1, 0.15) is 54.2 Å². The second kappa shape index (κ2) is 7.31. The Balaban J connectivity index is 1.71. The summed E-state index contributed by atoms with van der Waals surface area (Å²) in [7, 11) is 0. The first-order valence-corrected chi connectivity index (χ1v) is 9.40. The summed E-state index contributed by atoms with van der Waals surface area (Å²) in [6.07, 6.45) is 0. The first-order chi connectivity index (χ1) is 11.9. The average molecular weight is 354 g/mol. The maximum absolute atomic E-state index is 12.5. The van der Waals surface area contributed by atoms with Gasteiger partial charge in [0, 0.05) is 10.5 Å². The van der Waals surface area contributed by atoms with Crippen molar-refractivity contribution in [1.82, 2.24) is 5.32 Å². The monoisotopic (exact) mass is 354 g/mol. The minimum absolute atomic E-state index is 0.0336. The standard InChI is InChI=1S/C20H22N2O2S/c1-12(2)14-4-6-15(7-5-14)13(3)21-20(24)16-8-9-18-17(10-16)22-19(23)11-25-18/h4-10,12-13H,11H2,1-3H3,(H,21,24)(H,22,23). The van der Waals surface area contributed by atoms with Crippen LogP contribution in [0.5, 0.6) is 0 Å². The van der Waals surface area contributed by atoms with E-state index in [4.69, 9.17) is 0 Å². The van der Waals surface area contributed by atoms with Crippen molar-refractivity contribution in [3.05, 3.63) is 59.2 Å². The summed E-state index contributed by atoms with van der Waals surface area (Å²) in [5, 5.41) is 5.84. The Morgan fingerprint density at radius 1 is 1.08 bits per heavy atom. The molecule has 1 heterocycles. The number of nitrogens with one attached hydrogen (secondary N) is 2. The molecule has 3 rings (SSSR count). The summed E-state index contributed by atoms with van der Waals surface area (Å²) in [5.74, 6) is 0.728. The Morgan fingerprint density at radius 3 is 2.44 bits per heavy atom. The highest BCUT2D eigenvalue weighted by Crippen LogP contribution is 2.32. The third-order valence-electron chi connectivity index (χ3n) is 4.33. The molecule has 4 nitrogen and oxygen atoms in total. The van der Waals surface area contributed by atoms with Crippen molar-refractivity contribution < 1.29 is 9.59 Å². The van der Waals surface area contributed by atoms with Crippen LogP contribution in [0.4, 0.5) is 5.69 Å². The fourth-order valence-corrected chi connectivity index (χ4v) is 3.55. The minimum Gasteiger partial charge on any atom is -0.346 e. The Kier molecular flexibility index (Phi) is 5.13. The number of hydrogen-bond donors (Lipinski definition) is 2.